The molecule has 8 heteroatoms. The van der Waals surface area contributed by atoms with E-state index >= 15 is 0 Å². The zero-order valence-electron chi connectivity index (χ0n) is 17.4. The van der Waals surface area contributed by atoms with E-state index in [1.165, 1.54) is 0 Å². The quantitative estimate of drug-likeness (QED) is 0.784. The first-order valence-electron chi connectivity index (χ1n) is 10.9. The summed E-state index contributed by atoms with van der Waals surface area (Å²) in [6.07, 6.45) is 4.09. The standard InChI is InChI=1S/C22H29N5O3/c1-29-18-6-4-15(5-7-18)21-13-27-20(14-30-21)19(24-25-27)12-26-10-8-17(9-11-26)23-22(28)16-2-3-16/h4-7,16-17,21H,2-3,8-14H2,1H3,(H,23,28)/t21-/m1/s1. The number of ether oxygens (including phenoxy) is 2. The molecule has 1 aliphatic carbocycles. The molecular weight excluding hydrogens is 382 g/mol. The van der Waals surface area contributed by atoms with Crippen molar-refractivity contribution in [1.82, 2.24) is 25.2 Å². The number of likely N-dealkylation sites (tertiary alicyclic amines) is 1. The molecule has 30 heavy (non-hydrogen) atoms. The largest absolute Gasteiger partial charge is 0.497 e. The van der Waals surface area contributed by atoms with Crippen LogP contribution in [-0.4, -0.2) is 52.0 Å². The van der Waals surface area contributed by atoms with Crippen LogP contribution >= 0.6 is 0 Å². The normalized spacial score (nSPS) is 22.5. The van der Waals surface area contributed by atoms with E-state index in [2.05, 4.69) is 20.5 Å². The SMILES string of the molecule is COc1ccc([C@H]2Cn3nnc(CN4CCC(NC(=O)C5CC5)CC4)c3CO2)cc1. The molecule has 1 saturated heterocycles. The van der Waals surface area contributed by atoms with Gasteiger partial charge in [0.25, 0.3) is 0 Å². The maximum absolute atomic E-state index is 12.0. The lowest BCUT2D eigenvalue weighted by molar-refractivity contribution is -0.123. The Kier molecular flexibility index (Phi) is 5.43. The summed E-state index contributed by atoms with van der Waals surface area (Å²) in [5.74, 6) is 1.38. The Morgan fingerprint density at radius 2 is 1.97 bits per heavy atom. The zero-order valence-corrected chi connectivity index (χ0v) is 17.4. The Labute approximate surface area is 176 Å². The number of rotatable bonds is 6. The van der Waals surface area contributed by atoms with Gasteiger partial charge in [-0.05, 0) is 43.4 Å². The minimum absolute atomic E-state index is 0.0243. The van der Waals surface area contributed by atoms with Crippen molar-refractivity contribution in [2.45, 2.75) is 57.5 Å². The summed E-state index contributed by atoms with van der Waals surface area (Å²) in [6.45, 7) is 3.92. The summed E-state index contributed by atoms with van der Waals surface area (Å²) < 4.78 is 13.3. The zero-order chi connectivity index (χ0) is 20.5. The maximum Gasteiger partial charge on any atom is 0.223 e. The third-order valence-electron chi connectivity index (χ3n) is 6.42. The maximum atomic E-state index is 12.0. The van der Waals surface area contributed by atoms with Crippen molar-refractivity contribution < 1.29 is 14.3 Å². The number of fused-ring (bicyclic) bond motifs is 1. The van der Waals surface area contributed by atoms with Gasteiger partial charge in [-0.2, -0.15) is 0 Å². The lowest BCUT2D eigenvalue weighted by atomic mass is 10.0. The molecule has 1 aromatic carbocycles. The molecule has 1 N–H and O–H groups in total. The molecule has 2 aliphatic heterocycles. The highest BCUT2D eigenvalue weighted by Crippen LogP contribution is 2.30. The van der Waals surface area contributed by atoms with Gasteiger partial charge in [0.05, 0.1) is 26.0 Å². The van der Waals surface area contributed by atoms with E-state index in [0.29, 0.717) is 19.2 Å². The average molecular weight is 412 g/mol. The second kappa shape index (κ2) is 8.35. The van der Waals surface area contributed by atoms with Crippen LogP contribution in [0.5, 0.6) is 5.75 Å². The van der Waals surface area contributed by atoms with Crippen LogP contribution in [0.25, 0.3) is 0 Å². The third kappa shape index (κ3) is 4.20. The predicted octanol–water partition coefficient (Wildman–Crippen LogP) is 2.05. The van der Waals surface area contributed by atoms with Crippen molar-refractivity contribution in [1.29, 1.82) is 0 Å². The van der Waals surface area contributed by atoms with Crippen LogP contribution in [0.3, 0.4) is 0 Å². The fourth-order valence-electron chi connectivity index (χ4n) is 4.32. The Hall–Kier alpha value is -2.45. The summed E-state index contributed by atoms with van der Waals surface area (Å²) in [5.41, 5.74) is 3.20. The fourth-order valence-corrected chi connectivity index (χ4v) is 4.32. The molecule has 8 nitrogen and oxygen atoms in total. The number of nitrogens with zero attached hydrogens (tertiary/aromatic N) is 4. The first kappa shape index (κ1) is 19.5. The van der Waals surface area contributed by atoms with Gasteiger partial charge in [-0.3, -0.25) is 9.69 Å². The van der Waals surface area contributed by atoms with Crippen LogP contribution in [0.15, 0.2) is 24.3 Å². The number of amides is 1. The molecule has 1 aromatic heterocycles. The summed E-state index contributed by atoms with van der Waals surface area (Å²) in [4.78, 5) is 14.4. The number of hydrogen-bond acceptors (Lipinski definition) is 6. The minimum Gasteiger partial charge on any atom is -0.497 e. The second-order valence-electron chi connectivity index (χ2n) is 8.57. The van der Waals surface area contributed by atoms with E-state index in [4.69, 9.17) is 9.47 Å². The van der Waals surface area contributed by atoms with Gasteiger partial charge in [-0.15, -0.1) is 5.10 Å². The van der Waals surface area contributed by atoms with Gasteiger partial charge in [0.1, 0.15) is 17.5 Å². The van der Waals surface area contributed by atoms with Crippen molar-refractivity contribution in [3.05, 3.63) is 41.2 Å². The highest BCUT2D eigenvalue weighted by molar-refractivity contribution is 5.81. The first-order valence-corrected chi connectivity index (χ1v) is 10.9. The molecule has 0 spiro atoms. The predicted molar refractivity (Wildman–Crippen MR) is 110 cm³/mol. The smallest absolute Gasteiger partial charge is 0.223 e. The molecule has 0 bridgehead atoms. The molecular formula is C22H29N5O3. The molecule has 3 heterocycles. The van der Waals surface area contributed by atoms with Crippen LogP contribution in [0, 0.1) is 5.92 Å². The van der Waals surface area contributed by atoms with E-state index in [1.807, 2.05) is 28.9 Å². The van der Waals surface area contributed by atoms with E-state index in [1.54, 1.807) is 7.11 Å². The molecule has 3 aliphatic rings. The van der Waals surface area contributed by atoms with Crippen molar-refractivity contribution >= 4 is 5.91 Å². The highest BCUT2D eigenvalue weighted by atomic mass is 16.5. The number of hydrogen-bond donors (Lipinski definition) is 1. The number of nitrogens with one attached hydrogen (secondary N) is 1. The Morgan fingerprint density at radius 1 is 1.20 bits per heavy atom. The monoisotopic (exact) mass is 411 g/mol. The number of carbonyl (C=O) groups is 1. The molecule has 1 atom stereocenters. The number of piperidine rings is 1. The molecule has 1 saturated carbocycles. The number of benzene rings is 1. The van der Waals surface area contributed by atoms with Crippen molar-refractivity contribution in [2.75, 3.05) is 20.2 Å². The summed E-state index contributed by atoms with van der Waals surface area (Å²) in [7, 11) is 1.67. The molecule has 160 valence electrons. The molecule has 0 radical (unpaired) electrons. The van der Waals surface area contributed by atoms with Gasteiger partial charge in [-0.1, -0.05) is 17.3 Å². The molecule has 2 aromatic rings. The summed E-state index contributed by atoms with van der Waals surface area (Å²) in [5, 5.41) is 12.1. The van der Waals surface area contributed by atoms with Crippen LogP contribution in [0.1, 0.15) is 48.7 Å². The highest BCUT2D eigenvalue weighted by Gasteiger charge is 2.32. The second-order valence-corrected chi connectivity index (χ2v) is 8.57. The lowest BCUT2D eigenvalue weighted by Gasteiger charge is -2.32. The Morgan fingerprint density at radius 3 is 2.67 bits per heavy atom. The number of aromatic nitrogens is 3. The van der Waals surface area contributed by atoms with Crippen molar-refractivity contribution in [3.8, 4) is 5.75 Å². The molecule has 5 rings (SSSR count). The Balaban J connectivity index is 1.15. The Bertz CT molecular complexity index is 885. The van der Waals surface area contributed by atoms with Crippen molar-refractivity contribution in [3.63, 3.8) is 0 Å². The molecule has 1 amide bonds. The first-order chi connectivity index (χ1) is 14.7. The lowest BCUT2D eigenvalue weighted by Crippen LogP contribution is -2.44. The fraction of sp³-hybridized carbons (Fsp3) is 0.591. The van der Waals surface area contributed by atoms with E-state index in [0.717, 1.165) is 68.0 Å². The van der Waals surface area contributed by atoms with Gasteiger partial charge in [-0.25, -0.2) is 4.68 Å². The topological polar surface area (TPSA) is 81.5 Å². The van der Waals surface area contributed by atoms with E-state index < -0.39 is 0 Å². The van der Waals surface area contributed by atoms with E-state index in [-0.39, 0.29) is 17.9 Å². The van der Waals surface area contributed by atoms with Crippen molar-refractivity contribution in [2.24, 2.45) is 5.92 Å². The van der Waals surface area contributed by atoms with Gasteiger partial charge < -0.3 is 14.8 Å². The van der Waals surface area contributed by atoms with Crippen LogP contribution < -0.4 is 10.1 Å². The van der Waals surface area contributed by atoms with Gasteiger partial charge in [0.2, 0.25) is 5.91 Å². The van der Waals surface area contributed by atoms with Gasteiger partial charge >= 0.3 is 0 Å². The minimum atomic E-state index is -0.0243. The van der Waals surface area contributed by atoms with Crippen LogP contribution in [0.2, 0.25) is 0 Å². The number of methoxy groups -OCH3 is 1. The van der Waals surface area contributed by atoms with Crippen LogP contribution in [-0.2, 0) is 29.2 Å². The summed E-state index contributed by atoms with van der Waals surface area (Å²) >= 11 is 0. The van der Waals surface area contributed by atoms with E-state index in [9.17, 15) is 4.79 Å². The number of carbonyl (C=O) groups excluding carboxylic acids is 1. The van der Waals surface area contributed by atoms with Gasteiger partial charge in [0.15, 0.2) is 0 Å². The molecule has 0 unspecified atom stereocenters. The van der Waals surface area contributed by atoms with Gasteiger partial charge in [0, 0.05) is 31.6 Å². The van der Waals surface area contributed by atoms with Crippen LogP contribution in [0.4, 0.5) is 0 Å². The average Bonchev–Trinajstić information content (AvgIpc) is 3.57. The summed E-state index contributed by atoms with van der Waals surface area (Å²) in [6, 6.07) is 8.31. The third-order valence-corrected chi connectivity index (χ3v) is 6.42. The molecule has 2 fully saturated rings.